The van der Waals surface area contributed by atoms with Crippen molar-refractivity contribution in [3.05, 3.63) is 17.0 Å². The van der Waals surface area contributed by atoms with Crippen molar-refractivity contribution >= 4 is 5.91 Å². The van der Waals surface area contributed by atoms with Crippen LogP contribution in [-0.2, 0) is 18.3 Å². The Kier molecular flexibility index (Phi) is 5.21. The predicted molar refractivity (Wildman–Crippen MR) is 80.6 cm³/mol. The smallest absolute Gasteiger partial charge is 0.220 e. The van der Waals surface area contributed by atoms with E-state index in [-0.39, 0.29) is 5.91 Å². The average molecular weight is 277 g/mol. The molecule has 0 aliphatic heterocycles. The predicted octanol–water partition coefficient (Wildman–Crippen LogP) is 2.81. The van der Waals surface area contributed by atoms with Gasteiger partial charge in [0.15, 0.2) is 0 Å². The fraction of sp³-hybridized carbons (Fsp3) is 0.750. The van der Waals surface area contributed by atoms with Gasteiger partial charge in [-0.2, -0.15) is 5.10 Å². The maximum atomic E-state index is 12.1. The van der Waals surface area contributed by atoms with Gasteiger partial charge in [0.2, 0.25) is 5.91 Å². The molecule has 1 aromatic rings. The normalized spacial score (nSPS) is 16.9. The van der Waals surface area contributed by atoms with Crippen LogP contribution in [0.1, 0.15) is 61.9 Å². The number of nitrogens with zero attached hydrogens (tertiary/aromatic N) is 2. The van der Waals surface area contributed by atoms with E-state index in [0.29, 0.717) is 12.5 Å². The first-order valence-electron chi connectivity index (χ1n) is 7.86. The van der Waals surface area contributed by atoms with Crippen molar-refractivity contribution < 1.29 is 4.79 Å². The number of hydrogen-bond acceptors (Lipinski definition) is 2. The maximum absolute atomic E-state index is 12.1. The minimum Gasteiger partial charge on any atom is -0.353 e. The SMILES string of the molecule is Cc1nn(C)c(C)c1CCC(=O)NC1CCCCCC1. The monoisotopic (exact) mass is 277 g/mol. The lowest BCUT2D eigenvalue weighted by Crippen LogP contribution is -2.34. The number of carbonyl (C=O) groups is 1. The number of amides is 1. The molecule has 1 aliphatic carbocycles. The Morgan fingerprint density at radius 3 is 2.45 bits per heavy atom. The molecule has 1 amide bonds. The molecule has 1 aromatic heterocycles. The van der Waals surface area contributed by atoms with E-state index in [1.165, 1.54) is 36.9 Å². The number of nitrogens with one attached hydrogen (secondary N) is 1. The van der Waals surface area contributed by atoms with E-state index < -0.39 is 0 Å². The lowest BCUT2D eigenvalue weighted by Gasteiger charge is -2.16. The molecule has 112 valence electrons. The zero-order valence-corrected chi connectivity index (χ0v) is 13.0. The number of rotatable bonds is 4. The highest BCUT2D eigenvalue weighted by atomic mass is 16.1. The first kappa shape index (κ1) is 15.1. The van der Waals surface area contributed by atoms with Crippen molar-refractivity contribution in [2.45, 2.75) is 71.3 Å². The fourth-order valence-corrected chi connectivity index (χ4v) is 3.14. The molecule has 1 N–H and O–H groups in total. The van der Waals surface area contributed by atoms with Gasteiger partial charge in [-0.15, -0.1) is 0 Å². The Bertz CT molecular complexity index is 457. The van der Waals surface area contributed by atoms with Gasteiger partial charge in [-0.05, 0) is 38.7 Å². The quantitative estimate of drug-likeness (QED) is 0.860. The molecule has 4 heteroatoms. The van der Waals surface area contributed by atoms with Crippen LogP contribution in [0, 0.1) is 13.8 Å². The summed E-state index contributed by atoms with van der Waals surface area (Å²) in [4.78, 5) is 12.1. The van der Waals surface area contributed by atoms with E-state index >= 15 is 0 Å². The van der Waals surface area contributed by atoms with Gasteiger partial charge in [0.1, 0.15) is 0 Å². The van der Waals surface area contributed by atoms with Crippen LogP contribution in [0.4, 0.5) is 0 Å². The lowest BCUT2D eigenvalue weighted by molar-refractivity contribution is -0.121. The van der Waals surface area contributed by atoms with E-state index in [0.717, 1.165) is 25.0 Å². The third-order valence-corrected chi connectivity index (χ3v) is 4.48. The van der Waals surface area contributed by atoms with Gasteiger partial charge in [-0.25, -0.2) is 0 Å². The highest BCUT2D eigenvalue weighted by molar-refractivity contribution is 5.76. The number of carbonyl (C=O) groups excluding carboxylic acids is 1. The molecule has 0 radical (unpaired) electrons. The summed E-state index contributed by atoms with van der Waals surface area (Å²) >= 11 is 0. The average Bonchev–Trinajstić information content (AvgIpc) is 2.62. The third kappa shape index (κ3) is 3.84. The summed E-state index contributed by atoms with van der Waals surface area (Å²) in [6, 6.07) is 0.404. The van der Waals surface area contributed by atoms with Gasteiger partial charge in [0, 0.05) is 25.2 Å². The van der Waals surface area contributed by atoms with Gasteiger partial charge in [0.05, 0.1) is 5.69 Å². The van der Waals surface area contributed by atoms with Crippen molar-refractivity contribution in [3.63, 3.8) is 0 Å². The van der Waals surface area contributed by atoms with Crippen molar-refractivity contribution in [1.29, 1.82) is 0 Å². The Labute approximate surface area is 121 Å². The van der Waals surface area contributed by atoms with E-state index in [9.17, 15) is 4.79 Å². The summed E-state index contributed by atoms with van der Waals surface area (Å²) < 4.78 is 1.90. The Hall–Kier alpha value is -1.32. The van der Waals surface area contributed by atoms with Gasteiger partial charge >= 0.3 is 0 Å². The second-order valence-corrected chi connectivity index (χ2v) is 6.03. The van der Waals surface area contributed by atoms with Gasteiger partial charge in [-0.3, -0.25) is 9.48 Å². The summed E-state index contributed by atoms with van der Waals surface area (Å²) in [5.41, 5.74) is 3.44. The summed E-state index contributed by atoms with van der Waals surface area (Å²) in [5, 5.41) is 7.61. The van der Waals surface area contributed by atoms with Crippen LogP contribution in [0.2, 0.25) is 0 Å². The molecule has 1 heterocycles. The van der Waals surface area contributed by atoms with E-state index in [4.69, 9.17) is 0 Å². The highest BCUT2D eigenvalue weighted by Crippen LogP contribution is 2.18. The summed E-state index contributed by atoms with van der Waals surface area (Å²) in [5.74, 6) is 0.194. The van der Waals surface area contributed by atoms with Gasteiger partial charge in [0.25, 0.3) is 0 Å². The largest absolute Gasteiger partial charge is 0.353 e. The first-order chi connectivity index (χ1) is 9.58. The first-order valence-corrected chi connectivity index (χ1v) is 7.86. The third-order valence-electron chi connectivity index (χ3n) is 4.48. The van der Waals surface area contributed by atoms with E-state index in [2.05, 4.69) is 17.3 Å². The Balaban J connectivity index is 1.82. The topological polar surface area (TPSA) is 46.9 Å². The maximum Gasteiger partial charge on any atom is 0.220 e. The molecule has 1 fully saturated rings. The highest BCUT2D eigenvalue weighted by Gasteiger charge is 2.16. The number of aryl methyl sites for hydroxylation is 2. The van der Waals surface area contributed by atoms with Crippen LogP contribution in [0.5, 0.6) is 0 Å². The van der Waals surface area contributed by atoms with Gasteiger partial charge in [-0.1, -0.05) is 25.7 Å². The molecule has 1 aliphatic rings. The molecule has 2 rings (SSSR count). The van der Waals surface area contributed by atoms with E-state index in [1.54, 1.807) is 0 Å². The standard InChI is InChI=1S/C16H27N3O/c1-12-15(13(2)19(3)18-12)10-11-16(20)17-14-8-6-4-5-7-9-14/h14H,4-11H2,1-3H3,(H,17,20). The summed E-state index contributed by atoms with van der Waals surface area (Å²) in [6.45, 7) is 4.09. The molecular weight excluding hydrogens is 250 g/mol. The van der Waals surface area contributed by atoms with E-state index in [1.807, 2.05) is 18.7 Å². The molecule has 1 saturated carbocycles. The zero-order chi connectivity index (χ0) is 14.5. The van der Waals surface area contributed by atoms with Gasteiger partial charge < -0.3 is 5.32 Å². The molecule has 20 heavy (non-hydrogen) atoms. The lowest BCUT2D eigenvalue weighted by atomic mass is 10.1. The molecule has 0 bridgehead atoms. The van der Waals surface area contributed by atoms with Crippen LogP contribution in [-0.4, -0.2) is 21.7 Å². The minimum absolute atomic E-state index is 0.194. The van der Waals surface area contributed by atoms with Crippen LogP contribution in [0.15, 0.2) is 0 Å². The number of hydrogen-bond donors (Lipinski definition) is 1. The zero-order valence-electron chi connectivity index (χ0n) is 13.0. The van der Waals surface area contributed by atoms with Crippen LogP contribution in [0.25, 0.3) is 0 Å². The Morgan fingerprint density at radius 1 is 1.25 bits per heavy atom. The Morgan fingerprint density at radius 2 is 1.90 bits per heavy atom. The second kappa shape index (κ2) is 6.91. The molecular formula is C16H27N3O. The minimum atomic E-state index is 0.194. The summed E-state index contributed by atoms with van der Waals surface area (Å²) in [6.07, 6.45) is 8.82. The molecule has 0 spiro atoms. The summed E-state index contributed by atoms with van der Waals surface area (Å²) in [7, 11) is 1.96. The second-order valence-electron chi connectivity index (χ2n) is 6.03. The van der Waals surface area contributed by atoms with Crippen LogP contribution < -0.4 is 5.32 Å². The molecule has 0 atom stereocenters. The fourth-order valence-electron chi connectivity index (χ4n) is 3.14. The molecule has 0 unspecified atom stereocenters. The molecule has 0 saturated heterocycles. The van der Waals surface area contributed by atoms with Crippen molar-refractivity contribution in [2.24, 2.45) is 7.05 Å². The van der Waals surface area contributed by atoms with Crippen LogP contribution >= 0.6 is 0 Å². The number of aromatic nitrogens is 2. The molecule has 0 aromatic carbocycles. The van der Waals surface area contributed by atoms with Crippen LogP contribution in [0.3, 0.4) is 0 Å². The van der Waals surface area contributed by atoms with Crippen molar-refractivity contribution in [1.82, 2.24) is 15.1 Å². The van der Waals surface area contributed by atoms with Crippen molar-refractivity contribution in [3.8, 4) is 0 Å². The van der Waals surface area contributed by atoms with Crippen molar-refractivity contribution in [2.75, 3.05) is 0 Å². The molecule has 4 nitrogen and oxygen atoms in total.